The molecule has 0 unspecified atom stereocenters. The maximum Gasteiger partial charge on any atom is 0.326 e. The molecule has 5 N–H and O–H groups in total. The van der Waals surface area contributed by atoms with Gasteiger partial charge in [-0.05, 0) is 12.8 Å². The SMILES string of the molecule is NC(N)=NN(CC(=O)O)N1CCCCC1. The minimum atomic E-state index is -0.953. The highest BCUT2D eigenvalue weighted by molar-refractivity contribution is 5.75. The van der Waals surface area contributed by atoms with Gasteiger partial charge in [0.15, 0.2) is 6.54 Å². The number of carboxylic acids is 1. The number of aliphatic carboxylic acids is 1. The number of hydrogen-bond acceptors (Lipinski definition) is 4. The molecule has 1 fully saturated rings. The summed E-state index contributed by atoms with van der Waals surface area (Å²) in [5.74, 6) is -1.08. The summed E-state index contributed by atoms with van der Waals surface area (Å²) in [6.45, 7) is 1.38. The van der Waals surface area contributed by atoms with E-state index in [9.17, 15) is 4.79 Å². The molecule has 0 saturated carbocycles. The zero-order valence-electron chi connectivity index (χ0n) is 8.59. The second kappa shape index (κ2) is 5.40. The van der Waals surface area contributed by atoms with Crippen LogP contribution in [0.5, 0.6) is 0 Å². The number of hydrogen-bond donors (Lipinski definition) is 3. The van der Waals surface area contributed by atoms with Crippen molar-refractivity contribution in [3.63, 3.8) is 0 Å². The lowest BCUT2D eigenvalue weighted by Gasteiger charge is -2.34. The van der Waals surface area contributed by atoms with Gasteiger partial charge in [0.2, 0.25) is 5.96 Å². The van der Waals surface area contributed by atoms with Crippen molar-refractivity contribution in [1.82, 2.24) is 10.1 Å². The number of guanidine groups is 1. The van der Waals surface area contributed by atoms with Crippen LogP contribution in [-0.4, -0.2) is 46.8 Å². The van der Waals surface area contributed by atoms with Crippen LogP contribution in [0, 0.1) is 0 Å². The van der Waals surface area contributed by atoms with Crippen molar-refractivity contribution >= 4 is 11.9 Å². The minimum Gasteiger partial charge on any atom is -0.480 e. The summed E-state index contributed by atoms with van der Waals surface area (Å²) < 4.78 is 0. The Morgan fingerprint density at radius 1 is 1.33 bits per heavy atom. The third kappa shape index (κ3) is 4.03. The molecule has 15 heavy (non-hydrogen) atoms. The molecule has 0 atom stereocenters. The molecule has 0 aromatic heterocycles. The molecule has 1 heterocycles. The van der Waals surface area contributed by atoms with Gasteiger partial charge in [0.05, 0.1) is 0 Å². The smallest absolute Gasteiger partial charge is 0.326 e. The normalized spacial score (nSPS) is 17.1. The second-order valence-electron chi connectivity index (χ2n) is 3.46. The third-order valence-corrected chi connectivity index (χ3v) is 2.17. The molecule has 1 saturated heterocycles. The molecule has 1 aliphatic heterocycles. The molecule has 7 nitrogen and oxygen atoms in total. The Morgan fingerprint density at radius 2 is 1.93 bits per heavy atom. The summed E-state index contributed by atoms with van der Waals surface area (Å²) in [7, 11) is 0. The molecule has 0 aromatic rings. The van der Waals surface area contributed by atoms with E-state index in [1.807, 2.05) is 5.01 Å². The van der Waals surface area contributed by atoms with Crippen molar-refractivity contribution < 1.29 is 9.90 Å². The van der Waals surface area contributed by atoms with Crippen molar-refractivity contribution in [3.8, 4) is 0 Å². The van der Waals surface area contributed by atoms with Crippen LogP contribution in [0.15, 0.2) is 5.10 Å². The van der Waals surface area contributed by atoms with E-state index in [0.29, 0.717) is 0 Å². The van der Waals surface area contributed by atoms with Crippen molar-refractivity contribution in [1.29, 1.82) is 0 Å². The number of carbonyl (C=O) groups is 1. The first-order valence-corrected chi connectivity index (χ1v) is 4.93. The van der Waals surface area contributed by atoms with E-state index >= 15 is 0 Å². The molecular weight excluding hydrogens is 198 g/mol. The van der Waals surface area contributed by atoms with Gasteiger partial charge in [0, 0.05) is 13.1 Å². The quantitative estimate of drug-likeness (QED) is 0.314. The van der Waals surface area contributed by atoms with Gasteiger partial charge in [-0.15, -0.1) is 5.10 Å². The first-order valence-electron chi connectivity index (χ1n) is 4.93. The molecule has 0 aromatic carbocycles. The number of nitrogens with two attached hydrogens (primary N) is 2. The van der Waals surface area contributed by atoms with Crippen LogP contribution in [0.4, 0.5) is 0 Å². The predicted molar refractivity (Wildman–Crippen MR) is 55.6 cm³/mol. The lowest BCUT2D eigenvalue weighted by molar-refractivity contribution is -0.145. The van der Waals surface area contributed by atoms with Crippen molar-refractivity contribution in [3.05, 3.63) is 0 Å². The number of hydrazone groups is 1. The van der Waals surface area contributed by atoms with E-state index in [4.69, 9.17) is 16.6 Å². The van der Waals surface area contributed by atoms with Crippen molar-refractivity contribution in [2.24, 2.45) is 16.6 Å². The fourth-order valence-electron chi connectivity index (χ4n) is 1.56. The van der Waals surface area contributed by atoms with Crippen LogP contribution < -0.4 is 11.5 Å². The van der Waals surface area contributed by atoms with Gasteiger partial charge < -0.3 is 16.6 Å². The maximum absolute atomic E-state index is 10.6. The first-order chi connectivity index (χ1) is 7.09. The van der Waals surface area contributed by atoms with E-state index in [2.05, 4.69) is 5.10 Å². The molecule has 1 rings (SSSR count). The number of piperidine rings is 1. The van der Waals surface area contributed by atoms with Gasteiger partial charge in [-0.1, -0.05) is 6.42 Å². The maximum atomic E-state index is 10.6. The molecule has 0 radical (unpaired) electrons. The second-order valence-corrected chi connectivity index (χ2v) is 3.46. The third-order valence-electron chi connectivity index (χ3n) is 2.17. The van der Waals surface area contributed by atoms with Crippen LogP contribution in [0.1, 0.15) is 19.3 Å². The van der Waals surface area contributed by atoms with E-state index < -0.39 is 5.97 Å². The standard InChI is InChI=1S/C8H17N5O2/c9-8(10)11-13(6-7(14)15)12-4-2-1-3-5-12/h1-6H2,(H,14,15)(H4,9,10,11). The van der Waals surface area contributed by atoms with Crippen LogP contribution in [0.25, 0.3) is 0 Å². The van der Waals surface area contributed by atoms with Crippen molar-refractivity contribution in [2.45, 2.75) is 19.3 Å². The van der Waals surface area contributed by atoms with Gasteiger partial charge in [-0.3, -0.25) is 4.79 Å². The van der Waals surface area contributed by atoms with Crippen LogP contribution >= 0.6 is 0 Å². The summed E-state index contributed by atoms with van der Waals surface area (Å²) in [6.07, 6.45) is 3.24. The van der Waals surface area contributed by atoms with E-state index in [0.717, 1.165) is 25.9 Å². The van der Waals surface area contributed by atoms with Crippen LogP contribution in [0.2, 0.25) is 0 Å². The average molecular weight is 215 g/mol. The summed E-state index contributed by atoms with van der Waals surface area (Å²) in [4.78, 5) is 10.6. The largest absolute Gasteiger partial charge is 0.480 e. The molecular formula is C8H17N5O2. The van der Waals surface area contributed by atoms with Crippen LogP contribution in [-0.2, 0) is 4.79 Å². The van der Waals surface area contributed by atoms with Gasteiger partial charge in [-0.25, -0.2) is 10.1 Å². The molecule has 0 aliphatic carbocycles. The number of nitrogens with zero attached hydrogens (tertiary/aromatic N) is 3. The predicted octanol–water partition coefficient (Wildman–Crippen LogP) is -1.04. The molecule has 0 spiro atoms. The highest BCUT2D eigenvalue weighted by Crippen LogP contribution is 2.11. The Hall–Kier alpha value is -1.50. The van der Waals surface area contributed by atoms with Crippen LogP contribution in [0.3, 0.4) is 0 Å². The summed E-state index contributed by atoms with van der Waals surface area (Å²) in [5.41, 5.74) is 10.5. The monoisotopic (exact) mass is 215 g/mol. The Labute approximate surface area is 88.3 Å². The van der Waals surface area contributed by atoms with Gasteiger partial charge in [-0.2, -0.15) is 0 Å². The fourth-order valence-corrected chi connectivity index (χ4v) is 1.56. The Balaban J connectivity index is 2.61. The molecule has 7 heteroatoms. The number of carboxylic acid groups (broad SMARTS) is 1. The minimum absolute atomic E-state index is 0.123. The molecule has 1 aliphatic rings. The fraction of sp³-hybridized carbons (Fsp3) is 0.750. The summed E-state index contributed by atoms with van der Waals surface area (Å²) in [6, 6.07) is 0. The summed E-state index contributed by atoms with van der Waals surface area (Å²) in [5, 5.41) is 15.7. The van der Waals surface area contributed by atoms with Crippen molar-refractivity contribution in [2.75, 3.05) is 19.6 Å². The van der Waals surface area contributed by atoms with E-state index in [1.54, 1.807) is 0 Å². The molecule has 0 amide bonds. The Bertz CT molecular complexity index is 245. The Morgan fingerprint density at radius 3 is 2.40 bits per heavy atom. The molecule has 86 valence electrons. The van der Waals surface area contributed by atoms with E-state index in [1.165, 1.54) is 11.5 Å². The highest BCUT2D eigenvalue weighted by atomic mass is 16.4. The average Bonchev–Trinajstić information content (AvgIpc) is 2.17. The number of rotatable bonds is 4. The number of hydrazine groups is 1. The van der Waals surface area contributed by atoms with Gasteiger partial charge >= 0.3 is 5.97 Å². The Kier molecular flexibility index (Phi) is 4.17. The van der Waals surface area contributed by atoms with Gasteiger partial charge in [0.25, 0.3) is 0 Å². The van der Waals surface area contributed by atoms with E-state index in [-0.39, 0.29) is 12.5 Å². The zero-order chi connectivity index (χ0) is 11.3. The summed E-state index contributed by atoms with van der Waals surface area (Å²) >= 11 is 0. The lowest BCUT2D eigenvalue weighted by Crippen LogP contribution is -2.46. The zero-order valence-corrected chi connectivity index (χ0v) is 8.59. The molecule has 0 bridgehead atoms. The first kappa shape index (κ1) is 11.6. The topological polar surface area (TPSA) is 108 Å². The van der Waals surface area contributed by atoms with Gasteiger partial charge in [0.1, 0.15) is 0 Å². The lowest BCUT2D eigenvalue weighted by atomic mass is 10.2. The highest BCUT2D eigenvalue weighted by Gasteiger charge is 2.19.